The van der Waals surface area contributed by atoms with E-state index in [1.54, 1.807) is 7.11 Å². The molecule has 1 N–H and O–H groups in total. The minimum absolute atomic E-state index is 0.250. The number of aryl methyl sites for hydroxylation is 1. The second-order valence-corrected chi connectivity index (χ2v) is 6.29. The summed E-state index contributed by atoms with van der Waals surface area (Å²) in [6, 6.07) is 3.78. The summed E-state index contributed by atoms with van der Waals surface area (Å²) in [5.41, 5.74) is 1.43. The van der Waals surface area contributed by atoms with Gasteiger partial charge in [-0.25, -0.2) is 4.79 Å². The van der Waals surface area contributed by atoms with Gasteiger partial charge in [-0.1, -0.05) is 15.9 Å². The van der Waals surface area contributed by atoms with Gasteiger partial charge < -0.3 is 14.6 Å². The van der Waals surface area contributed by atoms with Crippen LogP contribution in [0.3, 0.4) is 0 Å². The molecule has 21 heavy (non-hydrogen) atoms. The first kappa shape index (κ1) is 17.7. The second kappa shape index (κ2) is 7.61. The minimum Gasteiger partial charge on any atom is -0.493 e. The van der Waals surface area contributed by atoms with Crippen LogP contribution >= 0.6 is 15.9 Å². The first-order valence-electron chi connectivity index (χ1n) is 6.64. The van der Waals surface area contributed by atoms with Crippen molar-refractivity contribution < 1.29 is 19.4 Å². The van der Waals surface area contributed by atoms with E-state index in [1.165, 1.54) is 6.08 Å². The molecule has 0 atom stereocenters. The second-order valence-electron chi connectivity index (χ2n) is 5.37. The lowest BCUT2D eigenvalue weighted by Gasteiger charge is -2.23. The Kier molecular flexibility index (Phi) is 6.42. The lowest BCUT2D eigenvalue weighted by atomic mass is 10.1. The molecule has 0 aliphatic carbocycles. The summed E-state index contributed by atoms with van der Waals surface area (Å²) >= 11 is 3.41. The van der Waals surface area contributed by atoms with Gasteiger partial charge in [0.15, 0.2) is 0 Å². The number of aliphatic carboxylic acids is 1. The van der Waals surface area contributed by atoms with E-state index in [0.29, 0.717) is 12.4 Å². The molecule has 0 amide bonds. The Morgan fingerprint density at radius 3 is 2.67 bits per heavy atom. The van der Waals surface area contributed by atoms with Crippen LogP contribution in [0.25, 0.3) is 6.08 Å². The zero-order valence-electron chi connectivity index (χ0n) is 12.8. The summed E-state index contributed by atoms with van der Waals surface area (Å²) in [5.74, 6) is -0.290. The highest BCUT2D eigenvalue weighted by atomic mass is 79.9. The fourth-order valence-electron chi connectivity index (χ4n) is 1.74. The van der Waals surface area contributed by atoms with Gasteiger partial charge >= 0.3 is 5.97 Å². The minimum atomic E-state index is -0.987. The van der Waals surface area contributed by atoms with Gasteiger partial charge in [-0.3, -0.25) is 0 Å². The molecule has 0 aliphatic rings. The Labute approximate surface area is 133 Å². The lowest BCUT2D eigenvalue weighted by molar-refractivity contribution is -0.131. The Balaban J connectivity index is 2.92. The predicted molar refractivity (Wildman–Crippen MR) is 86.7 cm³/mol. The van der Waals surface area contributed by atoms with Crippen LogP contribution in [0.5, 0.6) is 5.75 Å². The first-order chi connectivity index (χ1) is 9.75. The van der Waals surface area contributed by atoms with E-state index >= 15 is 0 Å². The number of carboxylic acid groups (broad SMARTS) is 1. The number of hydrogen-bond donors (Lipinski definition) is 1. The molecule has 0 saturated heterocycles. The topological polar surface area (TPSA) is 55.8 Å². The maximum absolute atomic E-state index is 10.7. The SMILES string of the molecule is COC(C)(C)CCOc1c(C)cc(Br)cc1/C=C/C(=O)O. The fourth-order valence-corrected chi connectivity index (χ4v) is 2.33. The summed E-state index contributed by atoms with van der Waals surface area (Å²) in [6.45, 7) is 6.42. The third-order valence-electron chi connectivity index (χ3n) is 3.18. The van der Waals surface area contributed by atoms with Crippen molar-refractivity contribution in [1.82, 2.24) is 0 Å². The van der Waals surface area contributed by atoms with E-state index in [0.717, 1.165) is 28.1 Å². The third kappa shape index (κ3) is 5.89. The van der Waals surface area contributed by atoms with E-state index in [2.05, 4.69) is 15.9 Å². The highest BCUT2D eigenvalue weighted by Crippen LogP contribution is 2.29. The van der Waals surface area contributed by atoms with Crippen LogP contribution in [0.15, 0.2) is 22.7 Å². The maximum Gasteiger partial charge on any atom is 0.328 e. The molecule has 1 rings (SSSR count). The lowest BCUT2D eigenvalue weighted by Crippen LogP contribution is -2.25. The Morgan fingerprint density at radius 2 is 2.10 bits per heavy atom. The van der Waals surface area contributed by atoms with Crippen molar-refractivity contribution in [3.05, 3.63) is 33.8 Å². The molecule has 0 radical (unpaired) electrons. The van der Waals surface area contributed by atoms with E-state index in [9.17, 15) is 4.79 Å². The number of benzene rings is 1. The van der Waals surface area contributed by atoms with Crippen molar-refractivity contribution in [3.8, 4) is 5.75 Å². The van der Waals surface area contributed by atoms with E-state index < -0.39 is 5.97 Å². The molecule has 0 unspecified atom stereocenters. The van der Waals surface area contributed by atoms with Crippen molar-refractivity contribution in [1.29, 1.82) is 0 Å². The van der Waals surface area contributed by atoms with Crippen LogP contribution in [0, 0.1) is 6.92 Å². The number of carbonyl (C=O) groups is 1. The molecule has 0 aliphatic heterocycles. The molecule has 0 aromatic heterocycles. The largest absolute Gasteiger partial charge is 0.493 e. The number of rotatable bonds is 7. The molecule has 0 bridgehead atoms. The molecule has 4 nitrogen and oxygen atoms in total. The van der Waals surface area contributed by atoms with Gasteiger partial charge in [0.2, 0.25) is 0 Å². The van der Waals surface area contributed by atoms with Crippen LogP contribution < -0.4 is 4.74 Å². The Hall–Kier alpha value is -1.33. The zero-order valence-corrected chi connectivity index (χ0v) is 14.4. The summed E-state index contributed by atoms with van der Waals surface area (Å²) in [4.78, 5) is 10.7. The number of ether oxygens (including phenoxy) is 2. The number of hydrogen-bond acceptors (Lipinski definition) is 3. The predicted octanol–water partition coefficient (Wildman–Crippen LogP) is 4.05. The van der Waals surface area contributed by atoms with Crippen LogP contribution in [0.1, 0.15) is 31.4 Å². The van der Waals surface area contributed by atoms with Gasteiger partial charge in [-0.2, -0.15) is 0 Å². The molecular weight excluding hydrogens is 336 g/mol. The van der Waals surface area contributed by atoms with Gasteiger partial charge in [0.25, 0.3) is 0 Å². The molecular formula is C16H21BrO4. The summed E-state index contributed by atoms with van der Waals surface area (Å²) < 4.78 is 12.1. The standard InChI is InChI=1S/C16H21BrO4/c1-11-9-13(17)10-12(5-6-14(18)19)15(11)21-8-7-16(2,3)20-4/h5-6,9-10H,7-8H2,1-4H3,(H,18,19)/b6-5+. The summed E-state index contributed by atoms with van der Waals surface area (Å²) in [5, 5.41) is 8.76. The molecule has 0 heterocycles. The normalized spacial score (nSPS) is 11.9. The zero-order chi connectivity index (χ0) is 16.0. The molecule has 0 saturated carbocycles. The van der Waals surface area contributed by atoms with Gasteiger partial charge in [0.05, 0.1) is 12.2 Å². The number of carboxylic acids is 1. The van der Waals surface area contributed by atoms with Crippen LogP contribution in [0.4, 0.5) is 0 Å². The van der Waals surface area contributed by atoms with Gasteiger partial charge in [0, 0.05) is 29.6 Å². The smallest absolute Gasteiger partial charge is 0.328 e. The summed E-state index contributed by atoms with van der Waals surface area (Å²) in [6.07, 6.45) is 3.38. The van der Waals surface area contributed by atoms with Crippen molar-refractivity contribution >= 4 is 28.0 Å². The van der Waals surface area contributed by atoms with Crippen LogP contribution in [0.2, 0.25) is 0 Å². The quantitative estimate of drug-likeness (QED) is 0.748. The van der Waals surface area contributed by atoms with Crippen molar-refractivity contribution in [2.75, 3.05) is 13.7 Å². The number of halogens is 1. The van der Waals surface area contributed by atoms with Gasteiger partial charge in [-0.05, 0) is 44.5 Å². The molecule has 0 spiro atoms. The van der Waals surface area contributed by atoms with Crippen molar-refractivity contribution in [2.45, 2.75) is 32.8 Å². The monoisotopic (exact) mass is 356 g/mol. The van der Waals surface area contributed by atoms with E-state index in [-0.39, 0.29) is 5.60 Å². The van der Waals surface area contributed by atoms with E-state index in [1.807, 2.05) is 32.9 Å². The molecule has 5 heteroatoms. The van der Waals surface area contributed by atoms with E-state index in [4.69, 9.17) is 14.6 Å². The number of methoxy groups -OCH3 is 1. The van der Waals surface area contributed by atoms with Crippen LogP contribution in [-0.4, -0.2) is 30.4 Å². The highest BCUT2D eigenvalue weighted by Gasteiger charge is 2.17. The average molecular weight is 357 g/mol. The van der Waals surface area contributed by atoms with Crippen molar-refractivity contribution in [2.24, 2.45) is 0 Å². The highest BCUT2D eigenvalue weighted by molar-refractivity contribution is 9.10. The summed E-state index contributed by atoms with van der Waals surface area (Å²) in [7, 11) is 1.67. The molecule has 0 fully saturated rings. The first-order valence-corrected chi connectivity index (χ1v) is 7.43. The van der Waals surface area contributed by atoms with Crippen LogP contribution in [-0.2, 0) is 9.53 Å². The maximum atomic E-state index is 10.7. The Morgan fingerprint density at radius 1 is 1.43 bits per heavy atom. The third-order valence-corrected chi connectivity index (χ3v) is 3.63. The molecule has 1 aromatic rings. The molecule has 1 aromatic carbocycles. The van der Waals surface area contributed by atoms with Crippen molar-refractivity contribution in [3.63, 3.8) is 0 Å². The molecule has 116 valence electrons. The van der Waals surface area contributed by atoms with Gasteiger partial charge in [0.1, 0.15) is 5.75 Å². The van der Waals surface area contributed by atoms with Gasteiger partial charge in [-0.15, -0.1) is 0 Å². The Bertz CT molecular complexity index is 535. The average Bonchev–Trinajstić information content (AvgIpc) is 2.38. The fraction of sp³-hybridized carbons (Fsp3) is 0.438.